The molecule has 0 aliphatic heterocycles. The molecule has 3 heteroatoms. The van der Waals surface area contributed by atoms with Crippen molar-refractivity contribution in [2.75, 3.05) is 0 Å². The average molecular weight is 200 g/mol. The molecule has 1 rings (SSSR count). The van der Waals surface area contributed by atoms with Gasteiger partial charge in [0.1, 0.15) is 5.60 Å². The second kappa shape index (κ2) is 3.79. The fraction of sp³-hybridized carbons (Fsp3) is 0.909. The summed E-state index contributed by atoms with van der Waals surface area (Å²) in [5.74, 6) is 0. The first-order valence-electron chi connectivity index (χ1n) is 5.29. The molecular formula is C11H20O3. The number of carbonyl (C=O) groups is 1. The van der Waals surface area contributed by atoms with Crippen molar-refractivity contribution in [3.8, 4) is 0 Å². The van der Waals surface area contributed by atoms with Gasteiger partial charge in [-0.05, 0) is 25.7 Å². The predicted molar refractivity (Wildman–Crippen MR) is 54.4 cm³/mol. The molecule has 0 radical (unpaired) electrons. The normalized spacial score (nSPS) is 21.6. The van der Waals surface area contributed by atoms with E-state index < -0.39 is 11.8 Å². The summed E-state index contributed by atoms with van der Waals surface area (Å²) < 4.78 is 5.16. The van der Waals surface area contributed by atoms with Crippen LogP contribution in [-0.2, 0) is 4.74 Å². The Balaban J connectivity index is 2.83. The van der Waals surface area contributed by atoms with Crippen LogP contribution in [0, 0.1) is 5.41 Å². The van der Waals surface area contributed by atoms with Crippen LogP contribution in [-0.4, -0.2) is 16.9 Å². The van der Waals surface area contributed by atoms with Crippen molar-refractivity contribution in [1.29, 1.82) is 0 Å². The first-order chi connectivity index (χ1) is 6.37. The SMILES string of the molecule is CC(C)(C)C1(OC(=O)O)CCCCC1. The monoisotopic (exact) mass is 200 g/mol. The van der Waals surface area contributed by atoms with Gasteiger partial charge in [-0.2, -0.15) is 0 Å². The lowest BCUT2D eigenvalue weighted by atomic mass is 9.68. The van der Waals surface area contributed by atoms with Gasteiger partial charge in [-0.3, -0.25) is 0 Å². The smallest absolute Gasteiger partial charge is 0.450 e. The molecule has 0 heterocycles. The average Bonchev–Trinajstić information content (AvgIpc) is 2.02. The Labute approximate surface area is 85.5 Å². The highest BCUT2D eigenvalue weighted by atomic mass is 16.7. The first kappa shape index (κ1) is 11.3. The molecule has 0 aromatic heterocycles. The van der Waals surface area contributed by atoms with Crippen LogP contribution in [0.3, 0.4) is 0 Å². The number of ether oxygens (including phenoxy) is 1. The second-order valence-corrected chi connectivity index (χ2v) is 5.17. The lowest BCUT2D eigenvalue weighted by Gasteiger charge is -2.45. The van der Waals surface area contributed by atoms with Crippen molar-refractivity contribution >= 4 is 6.16 Å². The van der Waals surface area contributed by atoms with Crippen molar-refractivity contribution in [2.45, 2.75) is 58.5 Å². The predicted octanol–water partition coefficient (Wildman–Crippen LogP) is 3.43. The standard InChI is InChI=1S/C11H20O3/c1-10(2,3)11(14-9(12)13)7-5-4-6-8-11/h4-8H2,1-3H3,(H,12,13). The van der Waals surface area contributed by atoms with E-state index in [-0.39, 0.29) is 5.41 Å². The molecule has 1 aliphatic carbocycles. The van der Waals surface area contributed by atoms with Gasteiger partial charge in [-0.25, -0.2) is 4.79 Å². The lowest BCUT2D eigenvalue weighted by Crippen LogP contribution is -2.48. The van der Waals surface area contributed by atoms with Crippen molar-refractivity contribution in [2.24, 2.45) is 5.41 Å². The Morgan fingerprint density at radius 1 is 1.21 bits per heavy atom. The van der Waals surface area contributed by atoms with Crippen molar-refractivity contribution in [1.82, 2.24) is 0 Å². The zero-order valence-electron chi connectivity index (χ0n) is 9.30. The summed E-state index contributed by atoms with van der Waals surface area (Å²) in [7, 11) is 0. The lowest BCUT2D eigenvalue weighted by molar-refractivity contribution is -0.107. The second-order valence-electron chi connectivity index (χ2n) is 5.17. The van der Waals surface area contributed by atoms with Crippen LogP contribution in [0.5, 0.6) is 0 Å². The van der Waals surface area contributed by atoms with E-state index >= 15 is 0 Å². The first-order valence-corrected chi connectivity index (χ1v) is 5.29. The van der Waals surface area contributed by atoms with E-state index in [1.807, 2.05) is 0 Å². The van der Waals surface area contributed by atoms with E-state index in [0.717, 1.165) is 25.7 Å². The van der Waals surface area contributed by atoms with Crippen LogP contribution in [0.1, 0.15) is 52.9 Å². The maximum Gasteiger partial charge on any atom is 0.506 e. The topological polar surface area (TPSA) is 46.5 Å². The molecule has 1 saturated carbocycles. The van der Waals surface area contributed by atoms with Gasteiger partial charge in [0.05, 0.1) is 0 Å². The summed E-state index contributed by atoms with van der Waals surface area (Å²) in [6.07, 6.45) is 3.93. The Morgan fingerprint density at radius 2 is 1.71 bits per heavy atom. The molecule has 0 bridgehead atoms. The Hall–Kier alpha value is -0.730. The fourth-order valence-corrected chi connectivity index (χ4v) is 2.30. The Bertz CT molecular complexity index is 209. The molecule has 3 nitrogen and oxygen atoms in total. The molecule has 0 amide bonds. The van der Waals surface area contributed by atoms with Gasteiger partial charge < -0.3 is 9.84 Å². The number of rotatable bonds is 1. The minimum atomic E-state index is -1.14. The third kappa shape index (κ3) is 2.20. The van der Waals surface area contributed by atoms with Crippen LogP contribution >= 0.6 is 0 Å². The van der Waals surface area contributed by atoms with E-state index in [9.17, 15) is 4.79 Å². The van der Waals surface area contributed by atoms with Gasteiger partial charge in [0.2, 0.25) is 0 Å². The van der Waals surface area contributed by atoms with Gasteiger partial charge in [-0.1, -0.05) is 27.2 Å². The summed E-state index contributed by atoms with van der Waals surface area (Å²) in [5, 5.41) is 8.77. The minimum absolute atomic E-state index is 0.105. The minimum Gasteiger partial charge on any atom is -0.450 e. The molecule has 0 aromatic carbocycles. The fourth-order valence-electron chi connectivity index (χ4n) is 2.30. The van der Waals surface area contributed by atoms with Crippen molar-refractivity contribution in [3.05, 3.63) is 0 Å². The van der Waals surface area contributed by atoms with Crippen LogP contribution in [0.4, 0.5) is 4.79 Å². The molecule has 0 spiro atoms. The zero-order chi connectivity index (χ0) is 10.8. The highest BCUT2D eigenvalue weighted by Crippen LogP contribution is 2.44. The summed E-state index contributed by atoms with van der Waals surface area (Å²) in [4.78, 5) is 10.7. The summed E-state index contributed by atoms with van der Waals surface area (Å²) in [6, 6.07) is 0. The van der Waals surface area contributed by atoms with Gasteiger partial charge in [0, 0.05) is 5.41 Å². The molecule has 0 unspecified atom stereocenters. The van der Waals surface area contributed by atoms with E-state index in [0.29, 0.717) is 0 Å². The number of hydrogen-bond acceptors (Lipinski definition) is 2. The quantitative estimate of drug-likeness (QED) is 0.659. The molecule has 1 N–H and O–H groups in total. The molecule has 82 valence electrons. The van der Waals surface area contributed by atoms with Crippen LogP contribution in [0.25, 0.3) is 0 Å². The summed E-state index contributed by atoms with van der Waals surface area (Å²) >= 11 is 0. The molecule has 0 saturated heterocycles. The highest BCUT2D eigenvalue weighted by molar-refractivity contribution is 5.57. The molecule has 0 aromatic rings. The molecular weight excluding hydrogens is 180 g/mol. The number of carboxylic acid groups (broad SMARTS) is 1. The van der Waals surface area contributed by atoms with Gasteiger partial charge in [0.15, 0.2) is 0 Å². The van der Waals surface area contributed by atoms with Crippen molar-refractivity contribution in [3.63, 3.8) is 0 Å². The van der Waals surface area contributed by atoms with Crippen LogP contribution < -0.4 is 0 Å². The maximum absolute atomic E-state index is 10.7. The maximum atomic E-state index is 10.7. The van der Waals surface area contributed by atoms with Gasteiger partial charge >= 0.3 is 6.16 Å². The third-order valence-corrected chi connectivity index (χ3v) is 3.31. The molecule has 14 heavy (non-hydrogen) atoms. The largest absolute Gasteiger partial charge is 0.506 e. The molecule has 0 atom stereocenters. The third-order valence-electron chi connectivity index (χ3n) is 3.31. The molecule has 1 fully saturated rings. The van der Waals surface area contributed by atoms with Crippen molar-refractivity contribution < 1.29 is 14.6 Å². The number of hydrogen-bond donors (Lipinski definition) is 1. The zero-order valence-corrected chi connectivity index (χ0v) is 9.30. The summed E-state index contributed by atoms with van der Waals surface area (Å²) in [6.45, 7) is 6.17. The van der Waals surface area contributed by atoms with E-state index in [2.05, 4.69) is 20.8 Å². The van der Waals surface area contributed by atoms with E-state index in [4.69, 9.17) is 9.84 Å². The van der Waals surface area contributed by atoms with E-state index in [1.54, 1.807) is 0 Å². The van der Waals surface area contributed by atoms with E-state index in [1.165, 1.54) is 6.42 Å². The van der Waals surface area contributed by atoms with Gasteiger partial charge in [0.25, 0.3) is 0 Å². The Kier molecular flexibility index (Phi) is 3.07. The Morgan fingerprint density at radius 3 is 2.07 bits per heavy atom. The summed E-state index contributed by atoms with van der Waals surface area (Å²) in [5.41, 5.74) is -0.567. The van der Waals surface area contributed by atoms with Crippen LogP contribution in [0.15, 0.2) is 0 Å². The van der Waals surface area contributed by atoms with Gasteiger partial charge in [-0.15, -0.1) is 0 Å². The van der Waals surface area contributed by atoms with Crippen LogP contribution in [0.2, 0.25) is 0 Å². The molecule has 1 aliphatic rings. The highest BCUT2D eigenvalue weighted by Gasteiger charge is 2.46.